The maximum atomic E-state index is 13.2. The topological polar surface area (TPSA) is 110 Å². The van der Waals surface area contributed by atoms with E-state index >= 15 is 0 Å². The molecule has 0 saturated carbocycles. The van der Waals surface area contributed by atoms with Gasteiger partial charge in [-0.15, -0.1) is 0 Å². The Balaban J connectivity index is 3.49. The lowest BCUT2D eigenvalue weighted by Crippen LogP contribution is -2.15. The number of aliphatic hydroxyl groups is 1. The predicted octanol–water partition coefficient (Wildman–Crippen LogP) is 1.45. The van der Waals surface area contributed by atoms with Crippen LogP contribution in [0.1, 0.15) is 11.7 Å². The second kappa shape index (κ2) is 5.52. The average molecular weight is 281 g/mol. The number of hydrogen-bond acceptors (Lipinski definition) is 5. The first-order valence-corrected chi connectivity index (χ1v) is 4.58. The highest BCUT2D eigenvalue weighted by atomic mass is 19.3. The number of hydrogen-bond donors (Lipinski definition) is 2. The van der Waals surface area contributed by atoms with Crippen LogP contribution in [0, 0.1) is 15.9 Å². The van der Waals surface area contributed by atoms with Crippen LogP contribution < -0.4 is 4.74 Å². The molecule has 0 saturated heterocycles. The minimum absolute atomic E-state index is 0.478. The summed E-state index contributed by atoms with van der Waals surface area (Å²) in [4.78, 5) is 19.9. The van der Waals surface area contributed by atoms with Gasteiger partial charge in [-0.25, -0.2) is 9.18 Å². The van der Waals surface area contributed by atoms with Crippen LogP contribution in [0.5, 0.6) is 5.75 Å². The van der Waals surface area contributed by atoms with E-state index in [2.05, 4.69) is 4.74 Å². The van der Waals surface area contributed by atoms with E-state index < -0.39 is 46.4 Å². The van der Waals surface area contributed by atoms with Gasteiger partial charge in [-0.2, -0.15) is 8.78 Å². The fourth-order valence-corrected chi connectivity index (χ4v) is 1.30. The zero-order valence-corrected chi connectivity index (χ0v) is 8.92. The van der Waals surface area contributed by atoms with Gasteiger partial charge in [0.2, 0.25) is 5.75 Å². The summed E-state index contributed by atoms with van der Waals surface area (Å²) < 4.78 is 41.0. The predicted molar refractivity (Wildman–Crippen MR) is 52.3 cm³/mol. The molecule has 0 radical (unpaired) electrons. The number of aliphatic carboxylic acids is 1. The van der Waals surface area contributed by atoms with Crippen LogP contribution >= 0.6 is 0 Å². The molecule has 1 unspecified atom stereocenters. The number of halogens is 3. The summed E-state index contributed by atoms with van der Waals surface area (Å²) in [6.07, 6.45) is -2.37. The third-order valence-corrected chi connectivity index (χ3v) is 2.03. The second-order valence-corrected chi connectivity index (χ2v) is 3.19. The largest absolute Gasteiger partial charge is 0.479 e. The van der Waals surface area contributed by atoms with Gasteiger partial charge in [0.1, 0.15) is 0 Å². The molecule has 0 aromatic heterocycles. The SMILES string of the molecule is O=C(O)C(O)c1ccc(F)c(OC(F)F)c1[N+](=O)[O-]. The molecule has 19 heavy (non-hydrogen) atoms. The van der Waals surface area contributed by atoms with Crippen molar-refractivity contribution in [3.63, 3.8) is 0 Å². The van der Waals surface area contributed by atoms with Crippen molar-refractivity contribution in [2.75, 3.05) is 0 Å². The van der Waals surface area contributed by atoms with Crippen molar-refractivity contribution in [1.82, 2.24) is 0 Å². The number of ether oxygens (including phenoxy) is 1. The van der Waals surface area contributed by atoms with Crippen LogP contribution in [0.4, 0.5) is 18.9 Å². The number of alkyl halides is 2. The zero-order valence-electron chi connectivity index (χ0n) is 8.92. The number of nitrogens with zero attached hydrogens (tertiary/aromatic N) is 1. The molecule has 1 aromatic carbocycles. The number of carbonyl (C=O) groups is 1. The lowest BCUT2D eigenvalue weighted by Gasteiger charge is -2.11. The summed E-state index contributed by atoms with van der Waals surface area (Å²) >= 11 is 0. The molecule has 0 aliphatic carbocycles. The van der Waals surface area contributed by atoms with Crippen molar-refractivity contribution < 1.29 is 37.8 Å². The molecule has 0 aliphatic heterocycles. The number of aliphatic hydroxyl groups excluding tert-OH is 1. The van der Waals surface area contributed by atoms with Gasteiger partial charge in [0.25, 0.3) is 0 Å². The summed E-state index contributed by atoms with van der Waals surface area (Å²) in [5.41, 5.74) is -2.23. The number of rotatable bonds is 5. The van der Waals surface area contributed by atoms with E-state index in [1.54, 1.807) is 0 Å². The van der Waals surface area contributed by atoms with Crippen LogP contribution in [0.3, 0.4) is 0 Å². The Labute approximate surface area is 103 Å². The minimum atomic E-state index is -3.55. The number of nitro benzene ring substituents is 1. The Morgan fingerprint density at radius 2 is 2.00 bits per heavy atom. The summed E-state index contributed by atoms with van der Waals surface area (Å²) in [5, 5.41) is 28.4. The number of carboxylic acid groups (broad SMARTS) is 1. The minimum Gasteiger partial charge on any atom is -0.479 e. The molecule has 0 spiro atoms. The molecule has 0 amide bonds. The van der Waals surface area contributed by atoms with E-state index in [0.29, 0.717) is 12.1 Å². The Morgan fingerprint density at radius 3 is 2.42 bits per heavy atom. The molecule has 1 aromatic rings. The summed E-state index contributed by atoms with van der Waals surface area (Å²) in [6, 6.07) is 1.08. The van der Waals surface area contributed by atoms with Gasteiger partial charge >= 0.3 is 18.3 Å². The zero-order chi connectivity index (χ0) is 14.7. The molecule has 0 fully saturated rings. The summed E-state index contributed by atoms with van der Waals surface area (Å²) in [6.45, 7) is -3.55. The van der Waals surface area contributed by atoms with Crippen LogP contribution in [0.2, 0.25) is 0 Å². The molecule has 0 aliphatic rings. The van der Waals surface area contributed by atoms with E-state index in [-0.39, 0.29) is 0 Å². The van der Waals surface area contributed by atoms with Crippen molar-refractivity contribution in [3.05, 3.63) is 33.6 Å². The summed E-state index contributed by atoms with van der Waals surface area (Å²) in [7, 11) is 0. The molecule has 1 rings (SSSR count). The van der Waals surface area contributed by atoms with Crippen molar-refractivity contribution in [1.29, 1.82) is 0 Å². The first-order chi connectivity index (χ1) is 8.75. The first kappa shape index (κ1) is 14.7. The van der Waals surface area contributed by atoms with E-state index in [1.165, 1.54) is 0 Å². The van der Waals surface area contributed by atoms with Crippen LogP contribution in [-0.2, 0) is 4.79 Å². The molecule has 7 nitrogen and oxygen atoms in total. The van der Waals surface area contributed by atoms with E-state index in [1.807, 2.05) is 0 Å². The molecule has 104 valence electrons. The number of benzene rings is 1. The lowest BCUT2D eigenvalue weighted by atomic mass is 10.1. The van der Waals surface area contributed by atoms with Gasteiger partial charge in [0.15, 0.2) is 11.9 Å². The van der Waals surface area contributed by atoms with Crippen molar-refractivity contribution in [3.8, 4) is 5.75 Å². The summed E-state index contributed by atoms with van der Waals surface area (Å²) in [5.74, 6) is -4.77. The Kier molecular flexibility index (Phi) is 4.27. The number of nitro groups is 1. The average Bonchev–Trinajstić information content (AvgIpc) is 2.29. The molecule has 10 heteroatoms. The molecular weight excluding hydrogens is 275 g/mol. The van der Waals surface area contributed by atoms with Gasteiger partial charge in [0, 0.05) is 0 Å². The molecular formula is C9H6F3NO6. The highest BCUT2D eigenvalue weighted by molar-refractivity contribution is 5.77. The van der Waals surface area contributed by atoms with Gasteiger partial charge in [-0.1, -0.05) is 0 Å². The first-order valence-electron chi connectivity index (χ1n) is 4.58. The highest BCUT2D eigenvalue weighted by Crippen LogP contribution is 2.37. The quantitative estimate of drug-likeness (QED) is 0.624. The van der Waals surface area contributed by atoms with Crippen molar-refractivity contribution in [2.24, 2.45) is 0 Å². The Hall–Kier alpha value is -2.36. The van der Waals surface area contributed by atoms with Crippen molar-refractivity contribution >= 4 is 11.7 Å². The van der Waals surface area contributed by atoms with Crippen molar-refractivity contribution in [2.45, 2.75) is 12.7 Å². The monoisotopic (exact) mass is 281 g/mol. The molecule has 0 bridgehead atoms. The standard InChI is InChI=1S/C9H6F3NO6/c10-4-2-1-3(6(14)8(15)16)5(13(17)18)7(4)19-9(11)12/h1-2,6,9,14H,(H,15,16). The molecule has 0 heterocycles. The number of carboxylic acids is 1. The third-order valence-electron chi connectivity index (χ3n) is 2.03. The normalized spacial score (nSPS) is 12.3. The van der Waals surface area contributed by atoms with Crippen LogP contribution in [-0.4, -0.2) is 27.7 Å². The van der Waals surface area contributed by atoms with Gasteiger partial charge in [-0.3, -0.25) is 10.1 Å². The van der Waals surface area contributed by atoms with Crippen LogP contribution in [0.25, 0.3) is 0 Å². The van der Waals surface area contributed by atoms with E-state index in [0.717, 1.165) is 0 Å². The maximum Gasteiger partial charge on any atom is 0.387 e. The van der Waals surface area contributed by atoms with Gasteiger partial charge < -0.3 is 14.9 Å². The van der Waals surface area contributed by atoms with Gasteiger partial charge in [0.05, 0.1) is 10.5 Å². The third kappa shape index (κ3) is 3.10. The fourth-order valence-electron chi connectivity index (χ4n) is 1.30. The maximum absolute atomic E-state index is 13.2. The van der Waals surface area contributed by atoms with E-state index in [4.69, 9.17) is 5.11 Å². The second-order valence-electron chi connectivity index (χ2n) is 3.19. The fraction of sp³-hybridized carbons (Fsp3) is 0.222. The Bertz CT molecular complexity index is 521. The molecule has 2 N–H and O–H groups in total. The highest BCUT2D eigenvalue weighted by Gasteiger charge is 2.33. The molecule has 1 atom stereocenters. The van der Waals surface area contributed by atoms with Gasteiger partial charge in [-0.05, 0) is 12.1 Å². The Morgan fingerprint density at radius 1 is 1.42 bits per heavy atom. The van der Waals surface area contributed by atoms with E-state index in [9.17, 15) is 33.2 Å². The van der Waals surface area contributed by atoms with Crippen LogP contribution in [0.15, 0.2) is 12.1 Å². The lowest BCUT2D eigenvalue weighted by molar-refractivity contribution is -0.387. The smallest absolute Gasteiger partial charge is 0.387 e.